The first-order chi connectivity index (χ1) is 14.8. The van der Waals surface area contributed by atoms with E-state index in [0.717, 1.165) is 24.4 Å². The Balaban J connectivity index is 2.53. The van der Waals surface area contributed by atoms with E-state index in [9.17, 15) is 22.4 Å². The summed E-state index contributed by atoms with van der Waals surface area (Å²) in [6.45, 7) is -1.34. The number of oxime groups is 1. The lowest BCUT2D eigenvalue weighted by Gasteiger charge is -2.16. The van der Waals surface area contributed by atoms with Gasteiger partial charge in [0.05, 0.1) is 37.3 Å². The normalized spacial score (nSPS) is 11.1. The number of aliphatic hydroxyl groups is 2. The Kier molecular flexibility index (Phi) is 9.42. The van der Waals surface area contributed by atoms with Crippen molar-refractivity contribution >= 4 is 46.1 Å². The fourth-order valence-electron chi connectivity index (χ4n) is 2.23. The second-order valence-electron chi connectivity index (χ2n) is 5.68. The summed E-state index contributed by atoms with van der Waals surface area (Å²) >= 11 is 1.66. The Morgan fingerprint density at radius 3 is 2.29 bits per heavy atom. The predicted octanol–water partition coefficient (Wildman–Crippen LogP) is 2.59. The molecule has 0 radical (unpaired) electrons. The van der Waals surface area contributed by atoms with E-state index in [4.69, 9.17) is 10.2 Å². The standard InChI is InChI=1S/C18H16F4IN3O5/c19-12-6-10(23)7-13(20)17(12)25-16-11(18(29)26-31-4-2-28)5-9(14(21)15(16)22)8-24-30-3-1-27/h5-8,25,27-28H,1-4H2,(H,26,29). The van der Waals surface area contributed by atoms with Gasteiger partial charge in [-0.3, -0.25) is 9.63 Å². The Bertz CT molecular complexity index is 955. The lowest BCUT2D eigenvalue weighted by molar-refractivity contribution is 0.0168. The number of carbonyl (C=O) groups is 1. The molecule has 0 aromatic heterocycles. The summed E-state index contributed by atoms with van der Waals surface area (Å²) < 4.78 is 57.9. The Labute approximate surface area is 186 Å². The van der Waals surface area contributed by atoms with Gasteiger partial charge in [0.25, 0.3) is 5.91 Å². The maximum atomic E-state index is 14.8. The number of aliphatic hydroxyl groups excluding tert-OH is 2. The van der Waals surface area contributed by atoms with E-state index in [1.165, 1.54) is 0 Å². The summed E-state index contributed by atoms with van der Waals surface area (Å²) in [7, 11) is 0. The van der Waals surface area contributed by atoms with Crippen molar-refractivity contribution in [3.63, 3.8) is 0 Å². The first kappa shape index (κ1) is 24.8. The van der Waals surface area contributed by atoms with E-state index >= 15 is 0 Å². The molecule has 0 atom stereocenters. The van der Waals surface area contributed by atoms with Crippen molar-refractivity contribution in [1.82, 2.24) is 5.48 Å². The number of rotatable bonds is 10. The van der Waals surface area contributed by atoms with E-state index in [2.05, 4.69) is 20.1 Å². The van der Waals surface area contributed by atoms with Gasteiger partial charge in [0, 0.05) is 9.13 Å². The highest BCUT2D eigenvalue weighted by atomic mass is 127. The number of hydrogen-bond donors (Lipinski definition) is 4. The highest BCUT2D eigenvalue weighted by molar-refractivity contribution is 14.1. The van der Waals surface area contributed by atoms with Crippen molar-refractivity contribution in [2.24, 2.45) is 5.16 Å². The maximum Gasteiger partial charge on any atom is 0.277 e. The zero-order chi connectivity index (χ0) is 23.0. The highest BCUT2D eigenvalue weighted by Gasteiger charge is 2.24. The van der Waals surface area contributed by atoms with Gasteiger partial charge >= 0.3 is 0 Å². The molecule has 0 aliphatic rings. The Morgan fingerprint density at radius 2 is 1.68 bits per heavy atom. The molecule has 2 aromatic rings. The topological polar surface area (TPSA) is 112 Å². The van der Waals surface area contributed by atoms with E-state index < -0.39 is 58.3 Å². The minimum Gasteiger partial charge on any atom is -0.394 e. The van der Waals surface area contributed by atoms with Gasteiger partial charge in [0.15, 0.2) is 23.3 Å². The minimum atomic E-state index is -1.63. The molecule has 31 heavy (non-hydrogen) atoms. The molecule has 13 heteroatoms. The molecule has 0 saturated carbocycles. The summed E-state index contributed by atoms with van der Waals surface area (Å²) in [4.78, 5) is 21.7. The Morgan fingerprint density at radius 1 is 1.03 bits per heavy atom. The molecule has 0 heterocycles. The molecule has 2 aromatic carbocycles. The number of nitrogens with zero attached hydrogens (tertiary/aromatic N) is 1. The monoisotopic (exact) mass is 557 g/mol. The number of benzene rings is 2. The van der Waals surface area contributed by atoms with Gasteiger partial charge in [0.2, 0.25) is 0 Å². The molecule has 0 fully saturated rings. The van der Waals surface area contributed by atoms with E-state index in [1.54, 1.807) is 22.6 Å². The third-order valence-corrected chi connectivity index (χ3v) is 4.17. The predicted molar refractivity (Wildman–Crippen MR) is 110 cm³/mol. The van der Waals surface area contributed by atoms with Crippen molar-refractivity contribution in [2.75, 3.05) is 31.7 Å². The zero-order valence-electron chi connectivity index (χ0n) is 15.6. The number of anilines is 2. The minimum absolute atomic E-state index is 0.214. The van der Waals surface area contributed by atoms with Crippen LogP contribution in [0, 0.1) is 26.8 Å². The lowest BCUT2D eigenvalue weighted by atomic mass is 10.1. The second kappa shape index (κ2) is 11.8. The molecule has 168 valence electrons. The van der Waals surface area contributed by atoms with Crippen molar-refractivity contribution in [3.8, 4) is 0 Å². The van der Waals surface area contributed by atoms with Crippen LogP contribution in [0.15, 0.2) is 23.4 Å². The number of amides is 1. The molecule has 0 aliphatic heterocycles. The van der Waals surface area contributed by atoms with Crippen LogP contribution in [0.1, 0.15) is 15.9 Å². The van der Waals surface area contributed by atoms with Crippen molar-refractivity contribution < 1.29 is 42.2 Å². The van der Waals surface area contributed by atoms with E-state index in [0.29, 0.717) is 0 Å². The van der Waals surface area contributed by atoms with Crippen LogP contribution in [0.4, 0.5) is 28.9 Å². The van der Waals surface area contributed by atoms with Crippen molar-refractivity contribution in [2.45, 2.75) is 0 Å². The molecule has 0 spiro atoms. The van der Waals surface area contributed by atoms with Crippen LogP contribution in [-0.4, -0.2) is 48.8 Å². The van der Waals surface area contributed by atoms with E-state index in [1.807, 2.05) is 5.48 Å². The maximum absolute atomic E-state index is 14.8. The van der Waals surface area contributed by atoms with Gasteiger partial charge < -0.3 is 20.4 Å². The average molecular weight is 557 g/mol. The molecule has 0 bridgehead atoms. The number of nitrogens with one attached hydrogen (secondary N) is 2. The first-order valence-corrected chi connectivity index (χ1v) is 9.60. The first-order valence-electron chi connectivity index (χ1n) is 8.52. The van der Waals surface area contributed by atoms with Crippen LogP contribution in [0.2, 0.25) is 0 Å². The third kappa shape index (κ3) is 6.49. The van der Waals surface area contributed by atoms with Crippen molar-refractivity contribution in [1.29, 1.82) is 0 Å². The average Bonchev–Trinajstić information content (AvgIpc) is 2.72. The molecular weight excluding hydrogens is 541 g/mol. The van der Waals surface area contributed by atoms with Crippen LogP contribution in [0.3, 0.4) is 0 Å². The van der Waals surface area contributed by atoms with Crippen LogP contribution in [-0.2, 0) is 9.68 Å². The number of hydrogen-bond acceptors (Lipinski definition) is 7. The van der Waals surface area contributed by atoms with Gasteiger partial charge in [-0.05, 0) is 40.8 Å². The van der Waals surface area contributed by atoms with Crippen molar-refractivity contribution in [3.05, 3.63) is 56.2 Å². The largest absolute Gasteiger partial charge is 0.394 e. The number of carbonyl (C=O) groups excluding carboxylic acids is 1. The molecule has 4 N–H and O–H groups in total. The zero-order valence-corrected chi connectivity index (χ0v) is 17.8. The molecule has 8 nitrogen and oxygen atoms in total. The molecule has 2 rings (SSSR count). The molecule has 0 aliphatic carbocycles. The van der Waals surface area contributed by atoms with Crippen LogP contribution >= 0.6 is 22.6 Å². The van der Waals surface area contributed by atoms with Crippen LogP contribution in [0.25, 0.3) is 0 Å². The third-order valence-electron chi connectivity index (χ3n) is 3.54. The molecule has 0 saturated heterocycles. The van der Waals surface area contributed by atoms with E-state index in [-0.39, 0.29) is 23.4 Å². The fraction of sp³-hybridized carbons (Fsp3) is 0.222. The Hall–Kier alpha value is -2.49. The number of halogens is 5. The van der Waals surface area contributed by atoms with Gasteiger partial charge in [-0.15, -0.1) is 0 Å². The summed E-state index contributed by atoms with van der Waals surface area (Å²) in [6, 6.07) is 2.74. The fourth-order valence-corrected chi connectivity index (χ4v) is 2.78. The quantitative estimate of drug-likeness (QED) is 0.118. The number of hydroxylamine groups is 1. The van der Waals surface area contributed by atoms with Gasteiger partial charge in [0.1, 0.15) is 12.3 Å². The highest BCUT2D eigenvalue weighted by Crippen LogP contribution is 2.31. The summed E-state index contributed by atoms with van der Waals surface area (Å²) in [5.41, 5.74) is -0.901. The summed E-state index contributed by atoms with van der Waals surface area (Å²) in [6.07, 6.45) is 0.745. The van der Waals surface area contributed by atoms with Gasteiger partial charge in [-0.25, -0.2) is 23.0 Å². The SMILES string of the molecule is O=C(NOCCO)c1cc(C=NOCCO)c(F)c(F)c1Nc1c(F)cc(I)cc1F. The molecule has 0 unspecified atom stereocenters. The second-order valence-corrected chi connectivity index (χ2v) is 6.93. The van der Waals surface area contributed by atoms with Crippen LogP contribution < -0.4 is 10.8 Å². The van der Waals surface area contributed by atoms with Gasteiger partial charge in [-0.2, -0.15) is 0 Å². The summed E-state index contributed by atoms with van der Waals surface area (Å²) in [5, 5.41) is 22.8. The van der Waals surface area contributed by atoms with Crippen LogP contribution in [0.5, 0.6) is 0 Å². The smallest absolute Gasteiger partial charge is 0.277 e. The lowest BCUT2D eigenvalue weighted by Crippen LogP contribution is -2.26. The molecule has 1 amide bonds. The summed E-state index contributed by atoms with van der Waals surface area (Å²) in [5.74, 6) is -6.42. The van der Waals surface area contributed by atoms with Gasteiger partial charge in [-0.1, -0.05) is 5.16 Å². The molecular formula is C18H16F4IN3O5.